The summed E-state index contributed by atoms with van der Waals surface area (Å²) in [7, 11) is -3.43. The van der Waals surface area contributed by atoms with Gasteiger partial charge in [0.05, 0.1) is 19.3 Å². The average molecular weight is 308 g/mol. The molecule has 0 atom stereocenters. The van der Waals surface area contributed by atoms with E-state index in [-0.39, 0.29) is 12.7 Å². The molecule has 0 amide bonds. The molecule has 8 nitrogen and oxygen atoms in total. The van der Waals surface area contributed by atoms with Gasteiger partial charge in [-0.3, -0.25) is 0 Å². The largest absolute Gasteiger partial charge is 0.480 e. The predicted octanol–water partition coefficient (Wildman–Crippen LogP) is -0.871. The Morgan fingerprint density at radius 3 is 2.25 bits per heavy atom. The van der Waals surface area contributed by atoms with Crippen LogP contribution in [-0.4, -0.2) is 80.2 Å². The fourth-order valence-corrected chi connectivity index (χ4v) is 3.97. The number of morpholine rings is 1. The zero-order valence-electron chi connectivity index (χ0n) is 11.2. The SMILES string of the molecule is O=C(O)COC1CCN(S(=O)(=O)N2CCOCC2)CC1. The van der Waals surface area contributed by atoms with Crippen LogP contribution in [0.15, 0.2) is 0 Å². The van der Waals surface area contributed by atoms with E-state index in [4.69, 9.17) is 14.6 Å². The Bertz CT molecular complexity index is 426. The molecular weight excluding hydrogens is 288 g/mol. The molecule has 116 valence electrons. The molecule has 0 aromatic rings. The maximum Gasteiger partial charge on any atom is 0.329 e. The number of nitrogens with zero attached hydrogens (tertiary/aromatic N) is 2. The molecule has 1 N–H and O–H groups in total. The van der Waals surface area contributed by atoms with Gasteiger partial charge in [0.15, 0.2) is 0 Å². The summed E-state index contributed by atoms with van der Waals surface area (Å²) in [5.74, 6) is -1.01. The van der Waals surface area contributed by atoms with Crippen LogP contribution in [0.5, 0.6) is 0 Å². The zero-order chi connectivity index (χ0) is 14.6. The lowest BCUT2D eigenvalue weighted by Crippen LogP contribution is -2.51. The molecule has 0 saturated carbocycles. The highest BCUT2D eigenvalue weighted by molar-refractivity contribution is 7.86. The Kier molecular flexibility index (Phi) is 5.33. The predicted molar refractivity (Wildman–Crippen MR) is 69.5 cm³/mol. The van der Waals surface area contributed by atoms with Gasteiger partial charge in [0.1, 0.15) is 6.61 Å². The van der Waals surface area contributed by atoms with E-state index < -0.39 is 16.2 Å². The number of carboxylic acid groups (broad SMARTS) is 1. The van der Waals surface area contributed by atoms with Crippen LogP contribution in [0.1, 0.15) is 12.8 Å². The molecule has 2 rings (SSSR count). The van der Waals surface area contributed by atoms with Crippen LogP contribution >= 0.6 is 0 Å². The molecule has 0 radical (unpaired) electrons. The van der Waals surface area contributed by atoms with Gasteiger partial charge < -0.3 is 14.6 Å². The van der Waals surface area contributed by atoms with Gasteiger partial charge in [-0.1, -0.05) is 0 Å². The average Bonchev–Trinajstić information content (AvgIpc) is 2.46. The quantitative estimate of drug-likeness (QED) is 0.709. The van der Waals surface area contributed by atoms with E-state index >= 15 is 0 Å². The molecule has 0 bridgehead atoms. The molecule has 9 heteroatoms. The number of ether oxygens (including phenoxy) is 2. The minimum atomic E-state index is -3.43. The monoisotopic (exact) mass is 308 g/mol. The lowest BCUT2D eigenvalue weighted by molar-refractivity contribution is -0.145. The number of piperidine rings is 1. The van der Waals surface area contributed by atoms with Gasteiger partial charge >= 0.3 is 5.97 Å². The van der Waals surface area contributed by atoms with Gasteiger partial charge in [-0.15, -0.1) is 0 Å². The first-order chi connectivity index (χ1) is 9.50. The number of hydrogen-bond donors (Lipinski definition) is 1. The third-order valence-corrected chi connectivity index (χ3v) is 5.50. The number of carbonyl (C=O) groups is 1. The van der Waals surface area contributed by atoms with Gasteiger partial charge in [-0.25, -0.2) is 4.79 Å². The Morgan fingerprint density at radius 1 is 1.15 bits per heavy atom. The molecular formula is C11H20N2O6S. The van der Waals surface area contributed by atoms with Crippen LogP contribution in [-0.2, 0) is 24.5 Å². The number of aliphatic carboxylic acids is 1. The summed E-state index contributed by atoms with van der Waals surface area (Å²) >= 11 is 0. The van der Waals surface area contributed by atoms with Crippen LogP contribution < -0.4 is 0 Å². The normalized spacial score (nSPS) is 23.8. The first-order valence-electron chi connectivity index (χ1n) is 6.66. The molecule has 0 aromatic carbocycles. The third kappa shape index (κ3) is 3.89. The Balaban J connectivity index is 1.84. The van der Waals surface area contributed by atoms with Crippen molar-refractivity contribution in [3.8, 4) is 0 Å². The van der Waals surface area contributed by atoms with Crippen molar-refractivity contribution in [1.29, 1.82) is 0 Å². The van der Waals surface area contributed by atoms with Crippen molar-refractivity contribution < 1.29 is 27.8 Å². The van der Waals surface area contributed by atoms with E-state index in [2.05, 4.69) is 0 Å². The molecule has 0 spiro atoms. The van der Waals surface area contributed by atoms with Crippen molar-refractivity contribution in [2.45, 2.75) is 18.9 Å². The standard InChI is InChI=1S/C11H20N2O6S/c14-11(15)9-19-10-1-3-12(4-2-10)20(16,17)13-5-7-18-8-6-13/h10H,1-9H2,(H,14,15). The van der Waals surface area contributed by atoms with Crippen molar-refractivity contribution in [1.82, 2.24) is 8.61 Å². The third-order valence-electron chi connectivity index (χ3n) is 3.47. The lowest BCUT2D eigenvalue weighted by Gasteiger charge is -2.35. The van der Waals surface area contributed by atoms with E-state index in [0.717, 1.165) is 0 Å². The fourth-order valence-electron chi connectivity index (χ4n) is 2.36. The van der Waals surface area contributed by atoms with Gasteiger partial charge in [0, 0.05) is 26.2 Å². The van der Waals surface area contributed by atoms with E-state index in [1.165, 1.54) is 8.61 Å². The summed E-state index contributed by atoms with van der Waals surface area (Å²) in [5.41, 5.74) is 0. The minimum Gasteiger partial charge on any atom is -0.480 e. The molecule has 2 fully saturated rings. The second-order valence-corrected chi connectivity index (χ2v) is 6.75. The Labute approximate surface area is 118 Å². The summed E-state index contributed by atoms with van der Waals surface area (Å²) in [4.78, 5) is 10.4. The second-order valence-electron chi connectivity index (χ2n) is 4.82. The molecule has 2 aliphatic heterocycles. The zero-order valence-corrected chi connectivity index (χ0v) is 12.0. The van der Waals surface area contributed by atoms with Gasteiger partial charge in [0.25, 0.3) is 10.2 Å². The van der Waals surface area contributed by atoms with Crippen molar-refractivity contribution in [2.75, 3.05) is 46.0 Å². The molecule has 2 heterocycles. The molecule has 0 aliphatic carbocycles. The minimum absolute atomic E-state index is 0.178. The van der Waals surface area contributed by atoms with Gasteiger partial charge in [-0.2, -0.15) is 17.0 Å². The van der Waals surface area contributed by atoms with Crippen LogP contribution in [0.2, 0.25) is 0 Å². The fraction of sp³-hybridized carbons (Fsp3) is 0.909. The summed E-state index contributed by atoms with van der Waals surface area (Å²) in [6.45, 7) is 2.03. The topological polar surface area (TPSA) is 96.4 Å². The maximum atomic E-state index is 12.4. The van der Waals surface area contributed by atoms with Crippen LogP contribution in [0, 0.1) is 0 Å². The maximum absolute atomic E-state index is 12.4. The molecule has 2 aliphatic rings. The summed E-state index contributed by atoms with van der Waals surface area (Å²) < 4.78 is 38.0. The lowest BCUT2D eigenvalue weighted by atomic mass is 10.1. The highest BCUT2D eigenvalue weighted by Gasteiger charge is 2.34. The molecule has 0 aromatic heterocycles. The first-order valence-corrected chi connectivity index (χ1v) is 8.06. The number of hydrogen-bond acceptors (Lipinski definition) is 5. The highest BCUT2D eigenvalue weighted by Crippen LogP contribution is 2.19. The van der Waals surface area contributed by atoms with Crippen molar-refractivity contribution in [3.05, 3.63) is 0 Å². The summed E-state index contributed by atoms with van der Waals surface area (Å²) in [5, 5.41) is 8.55. The van der Waals surface area contributed by atoms with Crippen molar-refractivity contribution in [2.24, 2.45) is 0 Å². The second kappa shape index (κ2) is 6.81. The van der Waals surface area contributed by atoms with E-state index in [9.17, 15) is 13.2 Å². The Hall–Kier alpha value is -0.740. The van der Waals surface area contributed by atoms with Gasteiger partial charge in [0.2, 0.25) is 0 Å². The highest BCUT2D eigenvalue weighted by atomic mass is 32.2. The summed E-state index contributed by atoms with van der Waals surface area (Å²) in [6.07, 6.45) is 0.871. The van der Waals surface area contributed by atoms with E-state index in [1.54, 1.807) is 0 Å². The van der Waals surface area contributed by atoms with Crippen LogP contribution in [0.3, 0.4) is 0 Å². The smallest absolute Gasteiger partial charge is 0.329 e. The molecule has 0 unspecified atom stereocenters. The van der Waals surface area contributed by atoms with E-state index in [1.807, 2.05) is 0 Å². The number of carboxylic acids is 1. The van der Waals surface area contributed by atoms with Crippen molar-refractivity contribution in [3.63, 3.8) is 0 Å². The summed E-state index contributed by atoms with van der Waals surface area (Å²) in [6, 6.07) is 0. The van der Waals surface area contributed by atoms with Crippen molar-refractivity contribution >= 4 is 16.2 Å². The molecule has 20 heavy (non-hydrogen) atoms. The van der Waals surface area contributed by atoms with Gasteiger partial charge in [-0.05, 0) is 12.8 Å². The molecule has 2 saturated heterocycles. The number of rotatable bonds is 5. The Morgan fingerprint density at radius 2 is 1.70 bits per heavy atom. The first kappa shape index (κ1) is 15.6. The van der Waals surface area contributed by atoms with Crippen LogP contribution in [0.4, 0.5) is 0 Å². The van der Waals surface area contributed by atoms with E-state index in [0.29, 0.717) is 52.2 Å². The van der Waals surface area contributed by atoms with Crippen LogP contribution in [0.25, 0.3) is 0 Å².